The molecule has 2 unspecified atom stereocenters. The summed E-state index contributed by atoms with van der Waals surface area (Å²) in [4.78, 5) is 31.1. The maximum Gasteiger partial charge on any atom is 0.255 e. The minimum atomic E-state index is -0.505. The van der Waals surface area contributed by atoms with E-state index >= 15 is 0 Å². The van der Waals surface area contributed by atoms with Crippen molar-refractivity contribution in [2.45, 2.75) is 64.3 Å². The first-order valence-electron chi connectivity index (χ1n) is 8.02. The number of amides is 1. The molecule has 20 heavy (non-hydrogen) atoms. The third-order valence-electron chi connectivity index (χ3n) is 5.21. The first-order chi connectivity index (χ1) is 9.59. The molecule has 1 aliphatic heterocycles. The maximum absolute atomic E-state index is 12.8. The van der Waals surface area contributed by atoms with Gasteiger partial charge in [-0.2, -0.15) is 0 Å². The molecule has 2 aliphatic carbocycles. The molecule has 0 aromatic carbocycles. The summed E-state index contributed by atoms with van der Waals surface area (Å²) < 4.78 is 0. The Bertz CT molecular complexity index is 453. The van der Waals surface area contributed by atoms with Crippen molar-refractivity contribution < 1.29 is 9.59 Å². The lowest BCUT2D eigenvalue weighted by Crippen LogP contribution is -2.41. The van der Waals surface area contributed by atoms with Crippen LogP contribution in [-0.2, 0) is 9.59 Å². The van der Waals surface area contributed by atoms with Gasteiger partial charge in [-0.15, -0.1) is 0 Å². The van der Waals surface area contributed by atoms with Crippen LogP contribution in [0.4, 0.5) is 0 Å². The molecule has 0 radical (unpaired) electrons. The number of unbranched alkanes of at least 4 members (excludes halogenated alkanes) is 1. The van der Waals surface area contributed by atoms with E-state index in [9.17, 15) is 9.59 Å². The highest BCUT2D eigenvalue weighted by Crippen LogP contribution is 2.51. The van der Waals surface area contributed by atoms with Crippen molar-refractivity contribution >= 4 is 17.5 Å². The Morgan fingerprint density at radius 3 is 2.40 bits per heavy atom. The molecule has 1 spiro atoms. The maximum atomic E-state index is 12.8. The molecule has 2 atom stereocenters. The van der Waals surface area contributed by atoms with E-state index in [2.05, 4.69) is 6.92 Å². The Kier molecular flexibility index (Phi) is 3.43. The molecule has 1 heterocycles. The van der Waals surface area contributed by atoms with Gasteiger partial charge < -0.3 is 0 Å². The number of aliphatic imine (C=N–C) groups is 1. The fourth-order valence-electron chi connectivity index (χ4n) is 4.27. The van der Waals surface area contributed by atoms with Gasteiger partial charge in [-0.05, 0) is 38.0 Å². The van der Waals surface area contributed by atoms with E-state index in [1.165, 1.54) is 0 Å². The molecular weight excluding hydrogens is 252 g/mol. The lowest BCUT2D eigenvalue weighted by molar-refractivity contribution is -0.131. The standard InChI is InChI=1S/C16H24N2O2/c1-3-5-6-14-17-16(15(20)18(14)4-2)9-11-7-13(19)8-12(11)10-16/h11-12H,3-10H2,1-2H3. The molecule has 0 aromatic heterocycles. The SMILES string of the molecule is CCCCC1=NC2(CC3CC(=O)CC3C2)C(=O)N1CC. The van der Waals surface area contributed by atoms with E-state index in [-0.39, 0.29) is 5.91 Å². The number of rotatable bonds is 4. The molecule has 0 saturated heterocycles. The molecular formula is C16H24N2O2. The smallest absolute Gasteiger partial charge is 0.255 e. The van der Waals surface area contributed by atoms with Gasteiger partial charge in [0.15, 0.2) is 0 Å². The molecule has 2 saturated carbocycles. The van der Waals surface area contributed by atoms with Crippen molar-refractivity contribution in [1.29, 1.82) is 0 Å². The quantitative estimate of drug-likeness (QED) is 0.792. The number of nitrogens with zero attached hydrogens (tertiary/aromatic N) is 2. The third kappa shape index (κ3) is 2.00. The van der Waals surface area contributed by atoms with E-state index in [1.807, 2.05) is 11.8 Å². The summed E-state index contributed by atoms with van der Waals surface area (Å²) in [6, 6.07) is 0. The van der Waals surface area contributed by atoms with Crippen LogP contribution in [-0.4, -0.2) is 34.5 Å². The predicted octanol–water partition coefficient (Wildman–Crippen LogP) is 2.57. The van der Waals surface area contributed by atoms with Crippen LogP contribution >= 0.6 is 0 Å². The minimum absolute atomic E-state index is 0.202. The van der Waals surface area contributed by atoms with Crippen LogP contribution in [0.2, 0.25) is 0 Å². The van der Waals surface area contributed by atoms with Gasteiger partial charge >= 0.3 is 0 Å². The molecule has 0 aromatic rings. The largest absolute Gasteiger partial charge is 0.300 e. The second kappa shape index (κ2) is 4.97. The number of fused-ring (bicyclic) bond motifs is 1. The van der Waals surface area contributed by atoms with Gasteiger partial charge in [-0.3, -0.25) is 19.5 Å². The zero-order valence-electron chi connectivity index (χ0n) is 12.5. The highest BCUT2D eigenvalue weighted by atomic mass is 16.2. The van der Waals surface area contributed by atoms with Crippen LogP contribution in [0.15, 0.2) is 4.99 Å². The summed E-state index contributed by atoms with van der Waals surface area (Å²) in [5, 5.41) is 0. The van der Waals surface area contributed by atoms with E-state index < -0.39 is 5.54 Å². The molecule has 0 N–H and O–H groups in total. The Labute approximate surface area is 120 Å². The van der Waals surface area contributed by atoms with Crippen molar-refractivity contribution in [3.63, 3.8) is 0 Å². The molecule has 1 amide bonds. The van der Waals surface area contributed by atoms with Gasteiger partial charge in [0, 0.05) is 25.8 Å². The first kappa shape index (κ1) is 13.8. The monoisotopic (exact) mass is 276 g/mol. The fraction of sp³-hybridized carbons (Fsp3) is 0.812. The average molecular weight is 276 g/mol. The van der Waals surface area contributed by atoms with Crippen molar-refractivity contribution in [3.8, 4) is 0 Å². The number of amidine groups is 1. The second-order valence-electron chi connectivity index (χ2n) is 6.59. The number of carbonyl (C=O) groups is 2. The zero-order valence-corrected chi connectivity index (χ0v) is 12.5. The van der Waals surface area contributed by atoms with Crippen LogP contribution < -0.4 is 0 Å². The molecule has 110 valence electrons. The third-order valence-corrected chi connectivity index (χ3v) is 5.21. The number of hydrogen-bond acceptors (Lipinski definition) is 3. The van der Waals surface area contributed by atoms with Gasteiger partial charge in [0.1, 0.15) is 17.2 Å². The lowest BCUT2D eigenvalue weighted by Gasteiger charge is -2.22. The normalized spacial score (nSPS) is 36.1. The van der Waals surface area contributed by atoms with Crippen LogP contribution in [0.1, 0.15) is 58.8 Å². The number of carbonyl (C=O) groups excluding carboxylic acids is 2. The summed E-state index contributed by atoms with van der Waals surface area (Å²) in [6.45, 7) is 4.91. The fourth-order valence-corrected chi connectivity index (χ4v) is 4.27. The van der Waals surface area contributed by atoms with E-state index in [4.69, 9.17) is 4.99 Å². The Balaban J connectivity index is 1.82. The number of Topliss-reactive ketones (excluding diaryl/α,β-unsaturated/α-hetero) is 1. The molecule has 4 heteroatoms. The summed E-state index contributed by atoms with van der Waals surface area (Å²) in [5.41, 5.74) is -0.505. The van der Waals surface area contributed by atoms with Crippen molar-refractivity contribution in [1.82, 2.24) is 4.90 Å². The number of likely N-dealkylation sites (N-methyl/N-ethyl adjacent to an activating group) is 1. The molecule has 2 fully saturated rings. The Morgan fingerprint density at radius 2 is 1.85 bits per heavy atom. The summed E-state index contributed by atoms with van der Waals surface area (Å²) >= 11 is 0. The minimum Gasteiger partial charge on any atom is -0.300 e. The van der Waals surface area contributed by atoms with Gasteiger partial charge in [-0.1, -0.05) is 13.3 Å². The Hall–Kier alpha value is -1.19. The van der Waals surface area contributed by atoms with Gasteiger partial charge in [-0.25, -0.2) is 0 Å². The highest BCUT2D eigenvalue weighted by Gasteiger charge is 2.57. The molecule has 4 nitrogen and oxygen atoms in total. The Morgan fingerprint density at radius 1 is 1.20 bits per heavy atom. The highest BCUT2D eigenvalue weighted by molar-refractivity contribution is 6.08. The van der Waals surface area contributed by atoms with Gasteiger partial charge in [0.2, 0.25) is 0 Å². The van der Waals surface area contributed by atoms with Crippen molar-refractivity contribution in [2.24, 2.45) is 16.8 Å². The van der Waals surface area contributed by atoms with Crippen molar-refractivity contribution in [3.05, 3.63) is 0 Å². The number of ketones is 1. The van der Waals surface area contributed by atoms with E-state index in [1.54, 1.807) is 0 Å². The second-order valence-corrected chi connectivity index (χ2v) is 6.59. The molecule has 3 rings (SSSR count). The number of hydrogen-bond donors (Lipinski definition) is 0. The summed E-state index contributed by atoms with van der Waals surface area (Å²) in [5.74, 6) is 2.38. The predicted molar refractivity (Wildman–Crippen MR) is 77.5 cm³/mol. The summed E-state index contributed by atoms with van der Waals surface area (Å²) in [7, 11) is 0. The van der Waals surface area contributed by atoms with Gasteiger partial charge in [0.25, 0.3) is 5.91 Å². The molecule has 0 bridgehead atoms. The summed E-state index contributed by atoms with van der Waals surface area (Å²) in [6.07, 6.45) is 6.06. The van der Waals surface area contributed by atoms with Crippen LogP contribution in [0, 0.1) is 11.8 Å². The van der Waals surface area contributed by atoms with Crippen LogP contribution in [0.5, 0.6) is 0 Å². The van der Waals surface area contributed by atoms with E-state index in [0.717, 1.165) is 44.5 Å². The lowest BCUT2D eigenvalue weighted by atomic mass is 9.94. The van der Waals surface area contributed by atoms with E-state index in [0.29, 0.717) is 30.5 Å². The van der Waals surface area contributed by atoms with Gasteiger partial charge in [0.05, 0.1) is 0 Å². The average Bonchev–Trinajstić information content (AvgIpc) is 2.98. The zero-order chi connectivity index (χ0) is 14.3. The molecule has 3 aliphatic rings. The van der Waals surface area contributed by atoms with Crippen LogP contribution in [0.25, 0.3) is 0 Å². The van der Waals surface area contributed by atoms with Crippen molar-refractivity contribution in [2.75, 3.05) is 6.54 Å². The van der Waals surface area contributed by atoms with Crippen LogP contribution in [0.3, 0.4) is 0 Å². The topological polar surface area (TPSA) is 49.7 Å². The first-order valence-corrected chi connectivity index (χ1v) is 8.02.